The molecule has 1 aromatic carbocycles. The summed E-state index contributed by atoms with van der Waals surface area (Å²) in [5.74, 6) is 0.0464. The Morgan fingerprint density at radius 1 is 1.31 bits per heavy atom. The van der Waals surface area contributed by atoms with E-state index < -0.39 is 17.6 Å². The largest absolute Gasteiger partial charge is 0.474 e. The topological polar surface area (TPSA) is 97.5 Å². The van der Waals surface area contributed by atoms with Gasteiger partial charge in [0.1, 0.15) is 11.9 Å². The van der Waals surface area contributed by atoms with Gasteiger partial charge in [-0.2, -0.15) is 0 Å². The highest BCUT2D eigenvalue weighted by atomic mass is 35.5. The van der Waals surface area contributed by atoms with Crippen LogP contribution in [0.1, 0.15) is 20.8 Å². The summed E-state index contributed by atoms with van der Waals surface area (Å²) in [6, 6.07) is 9.24. The number of nitrogens with one attached hydrogen (secondary N) is 1. The Labute approximate surface area is 156 Å². The lowest BCUT2D eigenvalue weighted by Gasteiger charge is -2.40. The van der Waals surface area contributed by atoms with Gasteiger partial charge in [-0.25, -0.2) is 4.98 Å². The Bertz CT molecular complexity index is 884. The molecule has 3 rings (SSSR count). The summed E-state index contributed by atoms with van der Waals surface area (Å²) in [5.41, 5.74) is 5.08. The van der Waals surface area contributed by atoms with Gasteiger partial charge in [-0.05, 0) is 45.0 Å². The molecule has 0 radical (unpaired) electrons. The number of halogens is 1. The fourth-order valence-corrected chi connectivity index (χ4v) is 2.87. The van der Waals surface area contributed by atoms with Crippen molar-refractivity contribution < 1.29 is 14.3 Å². The summed E-state index contributed by atoms with van der Waals surface area (Å²) in [4.78, 5) is 31.2. The second-order valence-electron chi connectivity index (χ2n) is 6.49. The first-order chi connectivity index (χ1) is 12.2. The van der Waals surface area contributed by atoms with Crippen LogP contribution in [0.2, 0.25) is 5.02 Å². The first kappa shape index (κ1) is 18.0. The fourth-order valence-electron chi connectivity index (χ4n) is 2.68. The van der Waals surface area contributed by atoms with Gasteiger partial charge in [0, 0.05) is 0 Å². The molecule has 7 nitrogen and oxygen atoms in total. The number of hydrogen-bond donors (Lipinski definition) is 2. The number of pyridine rings is 1. The number of hydrogen-bond acceptors (Lipinski definition) is 5. The number of nitrogens with zero attached hydrogens (tertiary/aromatic N) is 2. The Hall–Kier alpha value is -2.80. The molecule has 0 saturated carbocycles. The van der Waals surface area contributed by atoms with Crippen molar-refractivity contribution in [2.45, 2.75) is 32.4 Å². The minimum absolute atomic E-state index is 0.219. The van der Waals surface area contributed by atoms with E-state index in [0.717, 1.165) is 0 Å². The maximum absolute atomic E-state index is 12.9. The van der Waals surface area contributed by atoms with Gasteiger partial charge in [-0.3, -0.25) is 14.5 Å². The lowest BCUT2D eigenvalue weighted by Crippen LogP contribution is -2.58. The Morgan fingerprint density at radius 3 is 2.69 bits per heavy atom. The van der Waals surface area contributed by atoms with Crippen molar-refractivity contribution in [3.63, 3.8) is 0 Å². The summed E-state index contributed by atoms with van der Waals surface area (Å²) in [7, 11) is 0. The first-order valence-electron chi connectivity index (χ1n) is 8.05. The van der Waals surface area contributed by atoms with Crippen LogP contribution >= 0.6 is 11.6 Å². The second-order valence-corrected chi connectivity index (χ2v) is 6.90. The summed E-state index contributed by atoms with van der Waals surface area (Å²) in [5, 5.41) is 3.14. The van der Waals surface area contributed by atoms with Gasteiger partial charge in [-0.1, -0.05) is 23.7 Å². The molecule has 1 atom stereocenters. The van der Waals surface area contributed by atoms with Crippen molar-refractivity contribution in [1.82, 2.24) is 4.98 Å². The van der Waals surface area contributed by atoms with Crippen LogP contribution in [0.25, 0.3) is 0 Å². The molecular weight excluding hydrogens is 356 g/mol. The molecule has 0 aliphatic carbocycles. The van der Waals surface area contributed by atoms with E-state index in [1.54, 1.807) is 57.2 Å². The van der Waals surface area contributed by atoms with Crippen molar-refractivity contribution in [2.75, 3.05) is 16.0 Å². The first-order valence-corrected chi connectivity index (χ1v) is 8.43. The number of anilines is 3. The number of nitrogens with two attached hydrogens (primary N) is 1. The van der Waals surface area contributed by atoms with Crippen LogP contribution in [0.4, 0.5) is 17.3 Å². The predicted molar refractivity (Wildman–Crippen MR) is 100 cm³/mol. The zero-order valence-electron chi connectivity index (χ0n) is 14.6. The molecule has 2 heterocycles. The average molecular weight is 375 g/mol. The summed E-state index contributed by atoms with van der Waals surface area (Å²) in [6.07, 6.45) is 0. The average Bonchev–Trinajstić information content (AvgIpc) is 2.58. The summed E-state index contributed by atoms with van der Waals surface area (Å²) in [6.45, 7) is 4.89. The van der Waals surface area contributed by atoms with Crippen LogP contribution in [0.3, 0.4) is 0 Å². The lowest BCUT2D eigenvalue weighted by atomic mass is 10.0. The van der Waals surface area contributed by atoms with Gasteiger partial charge in [0.2, 0.25) is 5.91 Å². The fraction of sp³-hybridized carbons (Fsp3) is 0.278. The normalized spacial score (nSPS) is 16.5. The van der Waals surface area contributed by atoms with Crippen LogP contribution in [0.15, 0.2) is 36.4 Å². The van der Waals surface area contributed by atoms with Crippen molar-refractivity contribution in [3.8, 4) is 5.75 Å². The third-order valence-electron chi connectivity index (χ3n) is 4.09. The number of carbonyl (C=O) groups excluding carboxylic acids is 2. The molecule has 1 unspecified atom stereocenters. The van der Waals surface area contributed by atoms with E-state index >= 15 is 0 Å². The number of amides is 2. The Kier molecular flexibility index (Phi) is 4.50. The monoisotopic (exact) mass is 374 g/mol. The van der Waals surface area contributed by atoms with Gasteiger partial charge >= 0.3 is 0 Å². The molecule has 1 aliphatic heterocycles. The Morgan fingerprint density at radius 2 is 2.00 bits per heavy atom. The predicted octanol–water partition coefficient (Wildman–Crippen LogP) is 2.85. The molecule has 0 spiro atoms. The number of para-hydroxylation sites is 1. The van der Waals surface area contributed by atoms with Crippen molar-refractivity contribution in [1.29, 1.82) is 0 Å². The number of fused-ring (bicyclic) bond motifs is 1. The third kappa shape index (κ3) is 3.17. The highest BCUT2D eigenvalue weighted by molar-refractivity contribution is 6.33. The van der Waals surface area contributed by atoms with E-state index in [4.69, 9.17) is 22.1 Å². The molecule has 0 saturated heterocycles. The molecule has 3 N–H and O–H groups in total. The highest BCUT2D eigenvalue weighted by Gasteiger charge is 2.45. The number of carbonyl (C=O) groups is 2. The van der Waals surface area contributed by atoms with Crippen molar-refractivity contribution in [3.05, 3.63) is 41.4 Å². The van der Waals surface area contributed by atoms with E-state index in [0.29, 0.717) is 16.5 Å². The molecule has 26 heavy (non-hydrogen) atoms. The van der Waals surface area contributed by atoms with Crippen LogP contribution in [0.5, 0.6) is 5.75 Å². The van der Waals surface area contributed by atoms with Crippen LogP contribution < -0.4 is 20.7 Å². The molecule has 1 aliphatic rings. The molecule has 1 aromatic heterocycles. The zero-order valence-corrected chi connectivity index (χ0v) is 15.4. The summed E-state index contributed by atoms with van der Waals surface area (Å²) >= 11 is 6.09. The van der Waals surface area contributed by atoms with Crippen molar-refractivity contribution >= 4 is 40.7 Å². The van der Waals surface area contributed by atoms with E-state index in [9.17, 15) is 9.59 Å². The van der Waals surface area contributed by atoms with E-state index in [1.165, 1.54) is 4.90 Å². The van der Waals surface area contributed by atoms with Gasteiger partial charge < -0.3 is 15.8 Å². The minimum Gasteiger partial charge on any atom is -0.474 e. The highest BCUT2D eigenvalue weighted by Crippen LogP contribution is 2.38. The maximum atomic E-state index is 12.9. The second kappa shape index (κ2) is 6.49. The number of rotatable bonds is 3. The third-order valence-corrected chi connectivity index (χ3v) is 4.42. The van der Waals surface area contributed by atoms with Crippen LogP contribution in [-0.2, 0) is 9.59 Å². The molecule has 2 aromatic rings. The lowest BCUT2D eigenvalue weighted by molar-refractivity contribution is -0.134. The maximum Gasteiger partial charge on any atom is 0.272 e. The molecule has 2 amide bonds. The van der Waals surface area contributed by atoms with E-state index in [1.807, 2.05) is 0 Å². The minimum atomic E-state index is -1.14. The van der Waals surface area contributed by atoms with Gasteiger partial charge in [0.15, 0.2) is 17.2 Å². The molecule has 136 valence electrons. The van der Waals surface area contributed by atoms with Crippen LogP contribution in [0, 0.1) is 0 Å². The van der Waals surface area contributed by atoms with Gasteiger partial charge in [-0.15, -0.1) is 0 Å². The van der Waals surface area contributed by atoms with Gasteiger partial charge in [0.25, 0.3) is 5.91 Å². The van der Waals surface area contributed by atoms with Crippen LogP contribution in [-0.4, -0.2) is 28.4 Å². The molecule has 0 fully saturated rings. The van der Waals surface area contributed by atoms with E-state index in [2.05, 4.69) is 10.3 Å². The smallest absolute Gasteiger partial charge is 0.272 e. The zero-order chi connectivity index (χ0) is 19.1. The Balaban J connectivity index is 1.96. The number of ether oxygens (including phenoxy) is 1. The molecular formula is C18H19ClN4O3. The SMILES string of the molecule is CC(C(=O)Nc1ccccc1Cl)N1C(=O)C(C)(C)Oc2ccc(N)nc21. The number of benzene rings is 1. The van der Waals surface area contributed by atoms with Gasteiger partial charge in [0.05, 0.1) is 10.7 Å². The van der Waals surface area contributed by atoms with E-state index in [-0.39, 0.29) is 17.5 Å². The molecule has 0 bridgehead atoms. The quantitative estimate of drug-likeness (QED) is 0.860. The molecule has 8 heteroatoms. The summed E-state index contributed by atoms with van der Waals surface area (Å²) < 4.78 is 5.72. The number of nitrogen functional groups attached to an aromatic ring is 1. The van der Waals surface area contributed by atoms with Crippen molar-refractivity contribution in [2.24, 2.45) is 0 Å². The standard InChI is InChI=1S/C18H19ClN4O3/c1-10(16(24)21-12-7-5-4-6-11(12)19)23-15-13(8-9-14(20)22-15)26-18(2,3)17(23)25/h4-10H,1-3H3,(H2,20,22)(H,21,24). The number of aromatic nitrogens is 1.